The number of amides is 4. The fraction of sp³-hybridized carbons (Fsp3) is 0.722. The van der Waals surface area contributed by atoms with Gasteiger partial charge in [-0.1, -0.05) is 75.0 Å². The average molecular weight is 715 g/mol. The third-order valence-corrected chi connectivity index (χ3v) is 11.4. The van der Waals surface area contributed by atoms with Gasteiger partial charge in [-0.3, -0.25) is 19.2 Å². The van der Waals surface area contributed by atoms with Crippen LogP contribution in [0.1, 0.15) is 81.1 Å². The van der Waals surface area contributed by atoms with Crippen molar-refractivity contribution in [1.82, 2.24) is 24.6 Å². The molecule has 2 aromatic heterocycles. The van der Waals surface area contributed by atoms with Crippen molar-refractivity contribution in [2.24, 2.45) is 28.4 Å². The maximum atomic E-state index is 13.3. The molecule has 4 rings (SSSR count). The van der Waals surface area contributed by atoms with Gasteiger partial charge in [0, 0.05) is 39.9 Å². The lowest BCUT2D eigenvalue weighted by Gasteiger charge is -2.45. The van der Waals surface area contributed by atoms with E-state index in [1.165, 1.54) is 6.20 Å². The Balaban J connectivity index is 0.000000354. The van der Waals surface area contributed by atoms with Crippen molar-refractivity contribution in [3.8, 4) is 0 Å². The van der Waals surface area contributed by atoms with Crippen LogP contribution in [0.2, 0.25) is 25.7 Å². The highest BCUT2D eigenvalue weighted by atomic mass is 28.3. The maximum Gasteiger partial charge on any atom is 0.314 e. The third kappa shape index (κ3) is 10.7. The van der Waals surface area contributed by atoms with Crippen LogP contribution in [0.4, 0.5) is 11.5 Å². The smallest absolute Gasteiger partial charge is 0.314 e. The number of rotatable bonds is 6. The number of nitrogens with two attached hydrogens (primary N) is 2. The summed E-state index contributed by atoms with van der Waals surface area (Å²) in [6, 6.07) is 1.16. The number of aromatic nitrogens is 3. The Labute approximate surface area is 299 Å². The van der Waals surface area contributed by atoms with Crippen molar-refractivity contribution in [3.63, 3.8) is 0 Å². The van der Waals surface area contributed by atoms with E-state index < -0.39 is 31.7 Å². The molecule has 2 aromatic rings. The van der Waals surface area contributed by atoms with Crippen LogP contribution < -0.4 is 16.8 Å². The number of primary amides is 1. The molecule has 5 N–H and O–H groups in total. The summed E-state index contributed by atoms with van der Waals surface area (Å²) < 4.78 is 7.51. The van der Waals surface area contributed by atoms with E-state index in [0.717, 1.165) is 31.7 Å². The fourth-order valence-electron chi connectivity index (χ4n) is 6.84. The van der Waals surface area contributed by atoms with E-state index in [1.54, 1.807) is 20.7 Å². The Bertz CT molecular complexity index is 1520. The maximum absolute atomic E-state index is 13.3. The van der Waals surface area contributed by atoms with Crippen LogP contribution in [0.3, 0.4) is 0 Å². The second-order valence-electron chi connectivity index (χ2n) is 17.7. The zero-order chi connectivity index (χ0) is 37.8. The minimum absolute atomic E-state index is 0.00868. The van der Waals surface area contributed by atoms with Gasteiger partial charge in [0.15, 0.2) is 0 Å². The molecule has 4 amide bonds. The number of carbonyl (C=O) groups excluding carboxylic acids is 4. The molecule has 50 heavy (non-hydrogen) atoms. The van der Waals surface area contributed by atoms with E-state index >= 15 is 0 Å². The minimum atomic E-state index is -1.21. The first-order valence-corrected chi connectivity index (χ1v) is 21.6. The van der Waals surface area contributed by atoms with Crippen LogP contribution in [0, 0.1) is 22.7 Å². The van der Waals surface area contributed by atoms with E-state index in [9.17, 15) is 19.2 Å². The number of anilines is 2. The number of hydrogen-bond acceptors (Lipinski definition) is 8. The van der Waals surface area contributed by atoms with Gasteiger partial charge < -0.3 is 31.3 Å². The first-order chi connectivity index (χ1) is 23.0. The summed E-state index contributed by atoms with van der Waals surface area (Å²) in [6.45, 7) is 25.8. The van der Waals surface area contributed by atoms with Crippen molar-refractivity contribution in [1.29, 1.82) is 0 Å². The Morgan fingerprint density at radius 2 is 1.40 bits per heavy atom. The van der Waals surface area contributed by atoms with Crippen LogP contribution in [0.25, 0.3) is 10.9 Å². The first-order valence-electron chi connectivity index (χ1n) is 17.9. The normalized spacial score (nSPS) is 21.7. The topological polar surface area (TPSA) is 179 Å². The first kappa shape index (κ1) is 40.9. The molecule has 13 nitrogen and oxygen atoms in total. The lowest BCUT2D eigenvalue weighted by molar-refractivity contribution is -0.149. The van der Waals surface area contributed by atoms with E-state index in [4.69, 9.17) is 16.2 Å². The molecule has 2 aliphatic heterocycles. The van der Waals surface area contributed by atoms with Gasteiger partial charge in [0.1, 0.15) is 12.5 Å². The zero-order valence-electron chi connectivity index (χ0n) is 32.3. The second-order valence-corrected chi connectivity index (χ2v) is 23.3. The quantitative estimate of drug-likeness (QED) is 0.211. The molecule has 2 fully saturated rings. The van der Waals surface area contributed by atoms with Gasteiger partial charge in [-0.25, -0.2) is 9.67 Å². The van der Waals surface area contributed by atoms with Gasteiger partial charge in [0.05, 0.1) is 29.0 Å². The number of nitrogens with zero attached hydrogens (tertiary/aromatic N) is 5. The molecule has 0 bridgehead atoms. The van der Waals surface area contributed by atoms with Gasteiger partial charge in [-0.15, -0.1) is 0 Å². The highest BCUT2D eigenvalue weighted by Crippen LogP contribution is 2.35. The molecule has 14 heteroatoms. The Kier molecular flexibility index (Phi) is 13.3. The second kappa shape index (κ2) is 16.2. The number of pyridine rings is 1. The van der Waals surface area contributed by atoms with Crippen molar-refractivity contribution >= 4 is 54.1 Å². The number of likely N-dealkylation sites (tertiary alicyclic amines) is 2. The van der Waals surface area contributed by atoms with Crippen LogP contribution in [-0.2, 0) is 30.6 Å². The zero-order valence-corrected chi connectivity index (χ0v) is 33.3. The van der Waals surface area contributed by atoms with Crippen molar-refractivity contribution in [2.45, 2.75) is 126 Å². The number of nitrogen functional groups attached to an aromatic ring is 1. The van der Waals surface area contributed by atoms with E-state index in [2.05, 4.69) is 90.4 Å². The molecule has 4 atom stereocenters. The van der Waals surface area contributed by atoms with Gasteiger partial charge in [0.25, 0.3) is 0 Å². The fourth-order valence-corrected chi connectivity index (χ4v) is 7.60. The summed E-state index contributed by atoms with van der Waals surface area (Å²) in [5, 5.41) is 7.77. The molecule has 0 saturated carbocycles. The summed E-state index contributed by atoms with van der Waals surface area (Å²) in [6.07, 6.45) is 7.07. The molecule has 4 heterocycles. The highest BCUT2D eigenvalue weighted by molar-refractivity contribution is 6.76. The van der Waals surface area contributed by atoms with Crippen molar-refractivity contribution in [2.75, 3.05) is 30.7 Å². The van der Waals surface area contributed by atoms with Gasteiger partial charge in [-0.2, -0.15) is 5.10 Å². The van der Waals surface area contributed by atoms with Crippen LogP contribution >= 0.6 is 0 Å². The number of hydrogen-bond donors (Lipinski definition) is 3. The van der Waals surface area contributed by atoms with E-state index in [-0.39, 0.29) is 29.6 Å². The van der Waals surface area contributed by atoms with Gasteiger partial charge in [-0.05, 0) is 54.4 Å². The molecule has 2 aliphatic rings. The summed E-state index contributed by atoms with van der Waals surface area (Å²) in [5.74, 6) is -1.46. The van der Waals surface area contributed by atoms with E-state index in [0.29, 0.717) is 53.9 Å². The number of piperidine rings is 2. The summed E-state index contributed by atoms with van der Waals surface area (Å²) in [5.41, 5.74) is 12.0. The number of fused-ring (bicyclic) bond motifs is 1. The van der Waals surface area contributed by atoms with Crippen molar-refractivity contribution < 1.29 is 23.9 Å². The Morgan fingerprint density at radius 3 is 1.88 bits per heavy atom. The standard InChI is InChI=1S/C24H40N6O3Si.C12H22N2O2/c1-16-8-9-19(24(2,3)4)29(14-16)23(32)22(31)28-18-13-26-21(25)17-12-27-30(20(17)18)15-33-10-11-34(5,6)7;1-8-5-6-9(12(2,3)4)14(7-8)11(16)10(13)15/h12-13,16,19H,8-11,14-15H2,1-7H3,(H2,25,26)(H,28,31);8-9H,5-7H2,1-4H3,(H2,13,15)/t16-,19+;8-,9+/m00/s1. The van der Waals surface area contributed by atoms with Crippen molar-refractivity contribution in [3.05, 3.63) is 12.4 Å². The summed E-state index contributed by atoms with van der Waals surface area (Å²) >= 11 is 0. The van der Waals surface area contributed by atoms with Gasteiger partial charge >= 0.3 is 23.6 Å². The molecule has 0 aliphatic carbocycles. The Morgan fingerprint density at radius 1 is 0.880 bits per heavy atom. The van der Waals surface area contributed by atoms with Crippen LogP contribution in [-0.4, -0.2) is 88.0 Å². The van der Waals surface area contributed by atoms with E-state index in [1.807, 2.05) is 0 Å². The molecule has 0 unspecified atom stereocenters. The molecule has 0 spiro atoms. The largest absolute Gasteiger partial charge is 0.383 e. The summed E-state index contributed by atoms with van der Waals surface area (Å²) in [4.78, 5) is 56.7. The SMILES string of the molecule is C[C@H]1CC[C@H](C(C)(C)C)N(C(=O)C(=O)Nc2cnc(N)c3cnn(COCC[Si](C)(C)C)c23)C1.C[C@H]1CC[C@H](C(C)(C)C)N(C(=O)C(N)=O)C1. The molecule has 0 radical (unpaired) electrons. The predicted molar refractivity (Wildman–Crippen MR) is 201 cm³/mol. The number of carbonyl (C=O) groups is 4. The Hall–Kier alpha value is -3.52. The van der Waals surface area contributed by atoms with Crippen LogP contribution in [0.5, 0.6) is 0 Å². The lowest BCUT2D eigenvalue weighted by Crippen LogP contribution is -2.55. The van der Waals surface area contributed by atoms with Gasteiger partial charge in [0.2, 0.25) is 0 Å². The monoisotopic (exact) mass is 714 g/mol. The molecule has 2 saturated heterocycles. The molecule has 0 aromatic carbocycles. The predicted octanol–water partition coefficient (Wildman–Crippen LogP) is 5.08. The summed E-state index contributed by atoms with van der Waals surface area (Å²) in [7, 11) is -1.21. The average Bonchev–Trinajstić information content (AvgIpc) is 3.43. The highest BCUT2D eigenvalue weighted by Gasteiger charge is 2.40. The van der Waals surface area contributed by atoms with Crippen LogP contribution in [0.15, 0.2) is 12.4 Å². The molecular formula is C36H62N8O5Si. The minimum Gasteiger partial charge on any atom is -0.383 e. The molecular weight excluding hydrogens is 653 g/mol. The molecule has 280 valence electrons. The lowest BCUT2D eigenvalue weighted by atomic mass is 9.78. The number of ether oxygens (including phenoxy) is 1. The third-order valence-electron chi connectivity index (χ3n) is 9.72. The number of nitrogens with one attached hydrogen (secondary N) is 1.